The van der Waals surface area contributed by atoms with Crippen LogP contribution < -0.4 is 5.73 Å². The van der Waals surface area contributed by atoms with E-state index >= 15 is 0 Å². The van der Waals surface area contributed by atoms with Crippen molar-refractivity contribution in [2.45, 2.75) is 6.42 Å². The summed E-state index contributed by atoms with van der Waals surface area (Å²) in [5.41, 5.74) is 5.35. The first kappa shape index (κ1) is 5.98. The lowest BCUT2D eigenvalue weighted by Crippen LogP contribution is -2.20. The van der Waals surface area contributed by atoms with Crippen LogP contribution >= 0.6 is 12.2 Å². The third kappa shape index (κ3) is 1.17. The smallest absolute Gasteiger partial charge is 0.0782 e. The molecule has 0 bridgehead atoms. The number of rotatable bonds is 1. The topological polar surface area (TPSA) is 35.2 Å². The Labute approximate surface area is 54.0 Å². The van der Waals surface area contributed by atoms with Crippen LogP contribution in [0.4, 0.5) is 0 Å². The SMILES string of the molecule is NC(=S)[C@H]1CCOC1. The van der Waals surface area contributed by atoms with Crippen LogP contribution in [0.2, 0.25) is 0 Å². The fraction of sp³-hybridized carbons (Fsp3) is 0.800. The Morgan fingerprint density at radius 2 is 2.50 bits per heavy atom. The predicted octanol–water partition coefficient (Wildman–Crippen LogP) is 0.309. The minimum atomic E-state index is 0.352. The first-order valence-electron chi connectivity index (χ1n) is 2.68. The summed E-state index contributed by atoms with van der Waals surface area (Å²) in [6, 6.07) is 0. The summed E-state index contributed by atoms with van der Waals surface area (Å²) in [6.45, 7) is 1.55. The summed E-state index contributed by atoms with van der Waals surface area (Å²) in [6.07, 6.45) is 1.01. The number of nitrogens with two attached hydrogens (primary N) is 1. The first-order chi connectivity index (χ1) is 3.80. The summed E-state index contributed by atoms with van der Waals surface area (Å²) in [7, 11) is 0. The van der Waals surface area contributed by atoms with E-state index < -0.39 is 0 Å². The second kappa shape index (κ2) is 2.42. The van der Waals surface area contributed by atoms with Crippen molar-refractivity contribution in [2.24, 2.45) is 11.7 Å². The van der Waals surface area contributed by atoms with Gasteiger partial charge in [0.1, 0.15) is 0 Å². The van der Waals surface area contributed by atoms with Gasteiger partial charge < -0.3 is 10.5 Å². The fourth-order valence-corrected chi connectivity index (χ4v) is 0.945. The molecule has 0 aliphatic carbocycles. The van der Waals surface area contributed by atoms with Crippen molar-refractivity contribution in [3.05, 3.63) is 0 Å². The molecule has 1 rings (SSSR count). The zero-order valence-electron chi connectivity index (χ0n) is 4.59. The average molecular weight is 131 g/mol. The molecule has 2 N–H and O–H groups in total. The molecule has 1 aliphatic rings. The second-order valence-electron chi connectivity index (χ2n) is 1.96. The maximum absolute atomic E-state index is 5.35. The zero-order chi connectivity index (χ0) is 5.98. The van der Waals surface area contributed by atoms with Crippen LogP contribution in [0, 0.1) is 5.92 Å². The van der Waals surface area contributed by atoms with E-state index in [1.54, 1.807) is 0 Å². The molecule has 0 spiro atoms. The first-order valence-corrected chi connectivity index (χ1v) is 3.08. The molecule has 3 heteroatoms. The van der Waals surface area contributed by atoms with Crippen LogP contribution in [0.5, 0.6) is 0 Å². The molecule has 0 saturated carbocycles. The summed E-state index contributed by atoms with van der Waals surface area (Å²) in [5, 5.41) is 0. The van der Waals surface area contributed by atoms with Gasteiger partial charge in [-0.15, -0.1) is 0 Å². The molecule has 1 fully saturated rings. The predicted molar refractivity (Wildman–Crippen MR) is 35.7 cm³/mol. The molecule has 1 saturated heterocycles. The van der Waals surface area contributed by atoms with E-state index in [0.29, 0.717) is 10.9 Å². The summed E-state index contributed by atoms with van der Waals surface area (Å²) in [5.74, 6) is 0.352. The highest BCUT2D eigenvalue weighted by molar-refractivity contribution is 7.80. The Kier molecular flexibility index (Phi) is 1.81. The number of ether oxygens (including phenoxy) is 1. The Bertz CT molecular complexity index is 98.6. The third-order valence-electron chi connectivity index (χ3n) is 1.33. The van der Waals surface area contributed by atoms with Gasteiger partial charge in [-0.25, -0.2) is 0 Å². The van der Waals surface area contributed by atoms with Gasteiger partial charge in [-0.05, 0) is 6.42 Å². The van der Waals surface area contributed by atoms with Gasteiger partial charge in [0.05, 0.1) is 11.6 Å². The molecule has 0 aromatic rings. The third-order valence-corrected chi connectivity index (χ3v) is 1.67. The number of thiocarbonyl (C=S) groups is 1. The van der Waals surface area contributed by atoms with Crippen molar-refractivity contribution in [3.63, 3.8) is 0 Å². The van der Waals surface area contributed by atoms with Gasteiger partial charge in [0.15, 0.2) is 0 Å². The Hall–Kier alpha value is -0.150. The van der Waals surface area contributed by atoms with Gasteiger partial charge in [0.25, 0.3) is 0 Å². The lowest BCUT2D eigenvalue weighted by atomic mass is 10.1. The Morgan fingerprint density at radius 1 is 1.75 bits per heavy atom. The molecule has 0 unspecified atom stereocenters. The van der Waals surface area contributed by atoms with Crippen molar-refractivity contribution in [2.75, 3.05) is 13.2 Å². The maximum atomic E-state index is 5.35. The minimum Gasteiger partial charge on any atom is -0.393 e. The van der Waals surface area contributed by atoms with E-state index in [0.717, 1.165) is 19.6 Å². The largest absolute Gasteiger partial charge is 0.393 e. The minimum absolute atomic E-state index is 0.352. The monoisotopic (exact) mass is 131 g/mol. The van der Waals surface area contributed by atoms with Gasteiger partial charge in [0, 0.05) is 12.5 Å². The van der Waals surface area contributed by atoms with E-state index in [4.69, 9.17) is 22.7 Å². The summed E-state index contributed by atoms with van der Waals surface area (Å²) in [4.78, 5) is 0.600. The van der Waals surface area contributed by atoms with Crippen LogP contribution in [0.3, 0.4) is 0 Å². The average Bonchev–Trinajstić information content (AvgIpc) is 2.12. The Morgan fingerprint density at radius 3 is 2.75 bits per heavy atom. The molecular formula is C5H9NOS. The quantitative estimate of drug-likeness (QED) is 0.520. The maximum Gasteiger partial charge on any atom is 0.0782 e. The number of hydrogen-bond acceptors (Lipinski definition) is 2. The molecule has 46 valence electrons. The lowest BCUT2D eigenvalue weighted by molar-refractivity contribution is 0.193. The fourth-order valence-electron chi connectivity index (χ4n) is 0.759. The van der Waals surface area contributed by atoms with E-state index in [2.05, 4.69) is 0 Å². The molecule has 0 aromatic heterocycles. The van der Waals surface area contributed by atoms with Crippen molar-refractivity contribution in [1.29, 1.82) is 0 Å². The number of hydrogen-bond donors (Lipinski definition) is 1. The summed E-state index contributed by atoms with van der Waals surface area (Å²) < 4.78 is 5.05. The van der Waals surface area contributed by atoms with Crippen molar-refractivity contribution in [1.82, 2.24) is 0 Å². The van der Waals surface area contributed by atoms with Crippen molar-refractivity contribution >= 4 is 17.2 Å². The lowest BCUT2D eigenvalue weighted by Gasteiger charge is -2.00. The van der Waals surface area contributed by atoms with Crippen molar-refractivity contribution < 1.29 is 4.74 Å². The molecule has 0 amide bonds. The molecule has 0 aromatic carbocycles. The van der Waals surface area contributed by atoms with Gasteiger partial charge >= 0.3 is 0 Å². The molecule has 1 atom stereocenters. The zero-order valence-corrected chi connectivity index (χ0v) is 5.41. The van der Waals surface area contributed by atoms with Crippen LogP contribution in [0.25, 0.3) is 0 Å². The molecule has 1 heterocycles. The highest BCUT2D eigenvalue weighted by Crippen LogP contribution is 2.11. The van der Waals surface area contributed by atoms with Crippen LogP contribution in [-0.2, 0) is 4.74 Å². The van der Waals surface area contributed by atoms with Crippen molar-refractivity contribution in [3.8, 4) is 0 Å². The molecule has 1 aliphatic heterocycles. The highest BCUT2D eigenvalue weighted by atomic mass is 32.1. The molecule has 2 nitrogen and oxygen atoms in total. The van der Waals surface area contributed by atoms with Crippen LogP contribution in [-0.4, -0.2) is 18.2 Å². The van der Waals surface area contributed by atoms with Gasteiger partial charge in [0.2, 0.25) is 0 Å². The normalized spacial score (nSPS) is 28.2. The molecule has 0 radical (unpaired) electrons. The van der Waals surface area contributed by atoms with Crippen LogP contribution in [0.15, 0.2) is 0 Å². The highest BCUT2D eigenvalue weighted by Gasteiger charge is 2.17. The van der Waals surface area contributed by atoms with Crippen LogP contribution in [0.1, 0.15) is 6.42 Å². The van der Waals surface area contributed by atoms with Gasteiger partial charge in [-0.3, -0.25) is 0 Å². The van der Waals surface area contributed by atoms with Gasteiger partial charge in [-0.2, -0.15) is 0 Å². The van der Waals surface area contributed by atoms with Gasteiger partial charge in [-0.1, -0.05) is 12.2 Å². The molecular weight excluding hydrogens is 122 g/mol. The summed E-state index contributed by atoms with van der Waals surface area (Å²) >= 11 is 4.75. The van der Waals surface area contributed by atoms with E-state index in [-0.39, 0.29) is 0 Å². The second-order valence-corrected chi connectivity index (χ2v) is 2.43. The van der Waals surface area contributed by atoms with E-state index in [9.17, 15) is 0 Å². The van der Waals surface area contributed by atoms with E-state index in [1.165, 1.54) is 0 Å². The molecule has 8 heavy (non-hydrogen) atoms. The van der Waals surface area contributed by atoms with E-state index in [1.807, 2.05) is 0 Å². The Balaban J connectivity index is 2.35. The standard InChI is InChI=1S/C5H9NOS/c6-5(8)4-1-2-7-3-4/h4H,1-3H2,(H2,6,8)/t4-/m0/s1.